The van der Waals surface area contributed by atoms with E-state index in [-0.39, 0.29) is 6.04 Å². The van der Waals surface area contributed by atoms with Gasteiger partial charge >= 0.3 is 0 Å². The molecule has 0 amide bonds. The molecule has 17 heavy (non-hydrogen) atoms. The minimum atomic E-state index is 0.0371. The zero-order valence-electron chi connectivity index (χ0n) is 10.1. The van der Waals surface area contributed by atoms with E-state index in [4.69, 9.17) is 22.7 Å². The molecule has 0 bridgehead atoms. The fourth-order valence-electron chi connectivity index (χ4n) is 2.26. The molecule has 1 heterocycles. The largest absolute Gasteiger partial charge is 0.392 e. The van der Waals surface area contributed by atoms with E-state index in [2.05, 4.69) is 24.0 Å². The molecule has 2 rings (SSSR count). The number of thiocarbonyl (C=S) groups is 1. The van der Waals surface area contributed by atoms with E-state index in [0.717, 1.165) is 26.3 Å². The molecule has 1 unspecified atom stereocenters. The number of rotatable bonds is 3. The number of aryl methyl sites for hydroxylation is 1. The molecule has 2 N–H and O–H groups in total. The fraction of sp³-hybridized carbons (Fsp3) is 0.462. The van der Waals surface area contributed by atoms with Gasteiger partial charge < -0.3 is 10.5 Å². The molecule has 1 atom stereocenters. The molecule has 0 radical (unpaired) electrons. The maximum atomic E-state index is 5.92. The first-order chi connectivity index (χ1) is 8.20. The summed E-state index contributed by atoms with van der Waals surface area (Å²) in [5.74, 6) is 0. The first-order valence-electron chi connectivity index (χ1n) is 5.87. The van der Waals surface area contributed by atoms with Crippen LogP contribution in [0.5, 0.6) is 0 Å². The van der Waals surface area contributed by atoms with Crippen molar-refractivity contribution in [2.24, 2.45) is 5.73 Å². The van der Waals surface area contributed by atoms with Crippen molar-refractivity contribution < 1.29 is 4.74 Å². The predicted molar refractivity (Wildman–Crippen MR) is 73.1 cm³/mol. The monoisotopic (exact) mass is 250 g/mol. The van der Waals surface area contributed by atoms with Crippen molar-refractivity contribution in [3.63, 3.8) is 0 Å². The van der Waals surface area contributed by atoms with Crippen molar-refractivity contribution in [1.82, 2.24) is 4.90 Å². The second-order valence-electron chi connectivity index (χ2n) is 4.31. The van der Waals surface area contributed by atoms with Crippen molar-refractivity contribution in [1.29, 1.82) is 0 Å². The quantitative estimate of drug-likeness (QED) is 0.828. The van der Waals surface area contributed by atoms with Crippen molar-refractivity contribution >= 4 is 17.2 Å². The van der Waals surface area contributed by atoms with E-state index < -0.39 is 0 Å². The lowest BCUT2D eigenvalue weighted by Crippen LogP contribution is -2.43. The highest BCUT2D eigenvalue weighted by atomic mass is 32.1. The Morgan fingerprint density at radius 3 is 2.59 bits per heavy atom. The number of nitrogens with zero attached hydrogens (tertiary/aromatic N) is 1. The lowest BCUT2D eigenvalue weighted by Gasteiger charge is -2.34. The molecule has 0 aromatic heterocycles. The molecule has 0 aliphatic carbocycles. The summed E-state index contributed by atoms with van der Waals surface area (Å²) in [5, 5.41) is 0. The van der Waals surface area contributed by atoms with Crippen LogP contribution in [0.25, 0.3) is 0 Å². The van der Waals surface area contributed by atoms with Crippen molar-refractivity contribution in [3.8, 4) is 0 Å². The summed E-state index contributed by atoms with van der Waals surface area (Å²) in [4.78, 5) is 2.84. The Bertz CT molecular complexity index is 402. The van der Waals surface area contributed by atoms with Crippen molar-refractivity contribution in [2.45, 2.75) is 13.0 Å². The van der Waals surface area contributed by atoms with Crippen LogP contribution in [0.15, 0.2) is 24.3 Å². The zero-order valence-corrected chi connectivity index (χ0v) is 10.9. The smallest absolute Gasteiger partial charge is 0.0948 e. The molecule has 1 aliphatic heterocycles. The van der Waals surface area contributed by atoms with E-state index in [9.17, 15) is 0 Å². The Labute approximate surface area is 108 Å². The molecular formula is C13H18N2OS. The Hall–Kier alpha value is -0.970. The van der Waals surface area contributed by atoms with Crippen LogP contribution in [0, 0.1) is 6.92 Å². The highest BCUT2D eigenvalue weighted by Gasteiger charge is 2.25. The molecule has 1 saturated heterocycles. The minimum absolute atomic E-state index is 0.0371. The van der Waals surface area contributed by atoms with Crippen LogP contribution in [-0.2, 0) is 4.74 Å². The highest BCUT2D eigenvalue weighted by Crippen LogP contribution is 2.24. The van der Waals surface area contributed by atoms with Crippen LogP contribution in [0.3, 0.4) is 0 Å². The summed E-state index contributed by atoms with van der Waals surface area (Å²) >= 11 is 5.23. The van der Waals surface area contributed by atoms with Gasteiger partial charge in [-0.2, -0.15) is 0 Å². The third kappa shape index (κ3) is 2.83. The van der Waals surface area contributed by atoms with E-state index in [1.165, 1.54) is 11.1 Å². The topological polar surface area (TPSA) is 38.5 Å². The van der Waals surface area contributed by atoms with Gasteiger partial charge in [-0.3, -0.25) is 4.90 Å². The summed E-state index contributed by atoms with van der Waals surface area (Å²) in [6.07, 6.45) is 0. The SMILES string of the molecule is Cc1ccccc1C(C(N)=S)N1CCOCC1. The van der Waals surface area contributed by atoms with Gasteiger partial charge in [0.05, 0.1) is 24.2 Å². The van der Waals surface area contributed by atoms with Gasteiger partial charge in [-0.15, -0.1) is 0 Å². The standard InChI is InChI=1S/C13H18N2OS/c1-10-4-2-3-5-11(10)12(13(14)17)15-6-8-16-9-7-15/h2-5,12H,6-9H2,1H3,(H2,14,17). The van der Waals surface area contributed by atoms with Gasteiger partial charge in [0.25, 0.3) is 0 Å². The van der Waals surface area contributed by atoms with E-state index in [1.807, 2.05) is 12.1 Å². The average Bonchev–Trinajstić information content (AvgIpc) is 2.33. The summed E-state index contributed by atoms with van der Waals surface area (Å²) in [7, 11) is 0. The molecule has 92 valence electrons. The molecule has 1 aromatic carbocycles. The first-order valence-corrected chi connectivity index (χ1v) is 6.27. The zero-order chi connectivity index (χ0) is 12.3. The minimum Gasteiger partial charge on any atom is -0.392 e. The van der Waals surface area contributed by atoms with Gasteiger partial charge in [0.15, 0.2) is 0 Å². The van der Waals surface area contributed by atoms with Crippen LogP contribution < -0.4 is 5.73 Å². The molecule has 1 fully saturated rings. The van der Waals surface area contributed by atoms with E-state index in [1.54, 1.807) is 0 Å². The number of ether oxygens (including phenoxy) is 1. The van der Waals surface area contributed by atoms with Crippen molar-refractivity contribution in [2.75, 3.05) is 26.3 Å². The summed E-state index contributed by atoms with van der Waals surface area (Å²) in [5.41, 5.74) is 8.36. The Morgan fingerprint density at radius 1 is 1.35 bits per heavy atom. The number of hydrogen-bond donors (Lipinski definition) is 1. The summed E-state index contributed by atoms with van der Waals surface area (Å²) in [6.45, 7) is 5.38. The predicted octanol–water partition coefficient (Wildman–Crippen LogP) is 1.65. The maximum Gasteiger partial charge on any atom is 0.0948 e. The maximum absolute atomic E-state index is 5.92. The Kier molecular flexibility index (Phi) is 4.10. The number of morpholine rings is 1. The number of nitrogens with two attached hydrogens (primary N) is 1. The van der Waals surface area contributed by atoms with Crippen LogP contribution >= 0.6 is 12.2 Å². The molecule has 1 aliphatic rings. The highest BCUT2D eigenvalue weighted by molar-refractivity contribution is 7.80. The van der Waals surface area contributed by atoms with E-state index >= 15 is 0 Å². The van der Waals surface area contributed by atoms with Crippen LogP contribution in [0.1, 0.15) is 17.2 Å². The Morgan fingerprint density at radius 2 is 2.00 bits per heavy atom. The van der Waals surface area contributed by atoms with Crippen LogP contribution in [-0.4, -0.2) is 36.2 Å². The fourth-order valence-corrected chi connectivity index (χ4v) is 2.54. The molecule has 3 nitrogen and oxygen atoms in total. The van der Waals surface area contributed by atoms with Gasteiger partial charge in [0.2, 0.25) is 0 Å². The molecular weight excluding hydrogens is 232 g/mol. The number of hydrogen-bond acceptors (Lipinski definition) is 3. The lowest BCUT2D eigenvalue weighted by atomic mass is 9.99. The van der Waals surface area contributed by atoms with Gasteiger partial charge in [0.1, 0.15) is 0 Å². The second kappa shape index (κ2) is 5.58. The summed E-state index contributed by atoms with van der Waals surface area (Å²) < 4.78 is 5.37. The van der Waals surface area contributed by atoms with Gasteiger partial charge in [0, 0.05) is 13.1 Å². The van der Waals surface area contributed by atoms with E-state index in [0.29, 0.717) is 4.99 Å². The van der Waals surface area contributed by atoms with Gasteiger partial charge in [-0.05, 0) is 18.1 Å². The third-order valence-electron chi connectivity index (χ3n) is 3.16. The lowest BCUT2D eigenvalue weighted by molar-refractivity contribution is 0.0288. The molecule has 1 aromatic rings. The number of benzene rings is 1. The molecule has 0 spiro atoms. The van der Waals surface area contributed by atoms with Crippen LogP contribution in [0.4, 0.5) is 0 Å². The average molecular weight is 250 g/mol. The normalized spacial score (nSPS) is 18.9. The van der Waals surface area contributed by atoms with Crippen molar-refractivity contribution in [3.05, 3.63) is 35.4 Å². The first kappa shape index (κ1) is 12.5. The second-order valence-corrected chi connectivity index (χ2v) is 4.78. The molecule has 0 saturated carbocycles. The molecule has 4 heteroatoms. The summed E-state index contributed by atoms with van der Waals surface area (Å²) in [6, 6.07) is 8.31. The Balaban J connectivity index is 2.28. The van der Waals surface area contributed by atoms with Gasteiger partial charge in [-0.1, -0.05) is 36.5 Å². The van der Waals surface area contributed by atoms with Gasteiger partial charge in [-0.25, -0.2) is 0 Å². The van der Waals surface area contributed by atoms with Crippen LogP contribution in [0.2, 0.25) is 0 Å². The third-order valence-corrected chi connectivity index (χ3v) is 3.39.